The SMILES string of the molecule is c1ccc(CC2CNCCCO2)cc1. The molecule has 1 heterocycles. The summed E-state index contributed by atoms with van der Waals surface area (Å²) in [6, 6.07) is 10.5. The first-order valence-electron chi connectivity index (χ1n) is 5.31. The summed E-state index contributed by atoms with van der Waals surface area (Å²) < 4.78 is 5.74. The van der Waals surface area contributed by atoms with E-state index in [1.807, 2.05) is 0 Å². The van der Waals surface area contributed by atoms with Crippen molar-refractivity contribution in [2.24, 2.45) is 0 Å². The van der Waals surface area contributed by atoms with E-state index in [-0.39, 0.29) is 0 Å². The third kappa shape index (κ3) is 2.82. The van der Waals surface area contributed by atoms with Crippen molar-refractivity contribution in [3.63, 3.8) is 0 Å². The Labute approximate surface area is 85.3 Å². The monoisotopic (exact) mass is 191 g/mol. The molecule has 2 rings (SSSR count). The fourth-order valence-corrected chi connectivity index (χ4v) is 1.78. The van der Waals surface area contributed by atoms with Crippen LogP contribution in [0.15, 0.2) is 30.3 Å². The van der Waals surface area contributed by atoms with Crippen LogP contribution in [0.25, 0.3) is 0 Å². The summed E-state index contributed by atoms with van der Waals surface area (Å²) >= 11 is 0. The van der Waals surface area contributed by atoms with Gasteiger partial charge >= 0.3 is 0 Å². The molecule has 14 heavy (non-hydrogen) atoms. The molecule has 0 radical (unpaired) electrons. The number of ether oxygens (including phenoxy) is 1. The summed E-state index contributed by atoms with van der Waals surface area (Å²) in [6.07, 6.45) is 2.50. The van der Waals surface area contributed by atoms with Gasteiger partial charge in [0.25, 0.3) is 0 Å². The Kier molecular flexibility index (Phi) is 3.55. The predicted octanol–water partition coefficient (Wildman–Crippen LogP) is 1.61. The lowest BCUT2D eigenvalue weighted by atomic mass is 10.1. The van der Waals surface area contributed by atoms with Crippen molar-refractivity contribution in [3.05, 3.63) is 35.9 Å². The molecular formula is C12H17NO. The molecular weight excluding hydrogens is 174 g/mol. The van der Waals surface area contributed by atoms with Gasteiger partial charge in [-0.25, -0.2) is 0 Å². The zero-order valence-electron chi connectivity index (χ0n) is 8.41. The number of nitrogens with one attached hydrogen (secondary N) is 1. The molecule has 1 atom stereocenters. The smallest absolute Gasteiger partial charge is 0.0739 e. The van der Waals surface area contributed by atoms with Crippen LogP contribution in [0.5, 0.6) is 0 Å². The highest BCUT2D eigenvalue weighted by atomic mass is 16.5. The lowest BCUT2D eigenvalue weighted by Crippen LogP contribution is -2.27. The highest BCUT2D eigenvalue weighted by molar-refractivity contribution is 5.15. The Hall–Kier alpha value is -0.860. The van der Waals surface area contributed by atoms with Gasteiger partial charge in [0.15, 0.2) is 0 Å². The van der Waals surface area contributed by atoms with Crippen LogP contribution in [0.2, 0.25) is 0 Å². The zero-order valence-corrected chi connectivity index (χ0v) is 8.41. The van der Waals surface area contributed by atoms with Crippen LogP contribution < -0.4 is 5.32 Å². The third-order valence-corrected chi connectivity index (χ3v) is 2.53. The lowest BCUT2D eigenvalue weighted by Gasteiger charge is -2.14. The number of hydrogen-bond acceptors (Lipinski definition) is 2. The normalized spacial score (nSPS) is 23.0. The molecule has 2 nitrogen and oxygen atoms in total. The van der Waals surface area contributed by atoms with Crippen LogP contribution in [0.4, 0.5) is 0 Å². The van der Waals surface area contributed by atoms with Gasteiger partial charge in [-0.2, -0.15) is 0 Å². The largest absolute Gasteiger partial charge is 0.377 e. The Morgan fingerprint density at radius 1 is 1.29 bits per heavy atom. The average molecular weight is 191 g/mol. The van der Waals surface area contributed by atoms with Crippen LogP contribution in [0.3, 0.4) is 0 Å². The molecule has 1 fully saturated rings. The molecule has 1 N–H and O–H groups in total. The van der Waals surface area contributed by atoms with E-state index in [9.17, 15) is 0 Å². The molecule has 0 saturated carbocycles. The van der Waals surface area contributed by atoms with Crippen molar-refractivity contribution in [2.75, 3.05) is 19.7 Å². The zero-order chi connectivity index (χ0) is 9.64. The molecule has 0 aliphatic carbocycles. The summed E-state index contributed by atoms with van der Waals surface area (Å²) in [6.45, 7) is 2.96. The minimum absolute atomic E-state index is 0.347. The molecule has 76 valence electrons. The summed E-state index contributed by atoms with van der Waals surface area (Å²) in [7, 11) is 0. The van der Waals surface area contributed by atoms with Gasteiger partial charge in [-0.3, -0.25) is 0 Å². The quantitative estimate of drug-likeness (QED) is 0.766. The van der Waals surface area contributed by atoms with E-state index < -0.39 is 0 Å². The molecule has 0 bridgehead atoms. The van der Waals surface area contributed by atoms with Gasteiger partial charge in [0.1, 0.15) is 0 Å². The van der Waals surface area contributed by atoms with Crippen molar-refractivity contribution in [2.45, 2.75) is 18.9 Å². The summed E-state index contributed by atoms with van der Waals surface area (Å²) in [5, 5.41) is 3.39. The highest BCUT2D eigenvalue weighted by Crippen LogP contribution is 2.07. The van der Waals surface area contributed by atoms with Crippen LogP contribution >= 0.6 is 0 Å². The molecule has 1 aliphatic rings. The number of rotatable bonds is 2. The van der Waals surface area contributed by atoms with Gasteiger partial charge in [-0.05, 0) is 24.9 Å². The van der Waals surface area contributed by atoms with E-state index in [4.69, 9.17) is 4.74 Å². The first-order chi connectivity index (χ1) is 6.95. The molecule has 0 aromatic heterocycles. The second-order valence-electron chi connectivity index (χ2n) is 3.74. The summed E-state index contributed by atoms with van der Waals surface area (Å²) in [5.74, 6) is 0. The van der Waals surface area contributed by atoms with E-state index >= 15 is 0 Å². The van der Waals surface area contributed by atoms with Crippen LogP contribution in [0.1, 0.15) is 12.0 Å². The fourth-order valence-electron chi connectivity index (χ4n) is 1.78. The van der Waals surface area contributed by atoms with Gasteiger partial charge in [0.05, 0.1) is 6.10 Å². The molecule has 2 heteroatoms. The number of hydrogen-bond donors (Lipinski definition) is 1. The van der Waals surface area contributed by atoms with E-state index in [2.05, 4.69) is 35.6 Å². The minimum Gasteiger partial charge on any atom is -0.377 e. The van der Waals surface area contributed by atoms with Gasteiger partial charge in [-0.15, -0.1) is 0 Å². The van der Waals surface area contributed by atoms with Crippen LogP contribution in [-0.2, 0) is 11.2 Å². The molecule has 1 saturated heterocycles. The van der Waals surface area contributed by atoms with Crippen molar-refractivity contribution in [1.29, 1.82) is 0 Å². The third-order valence-electron chi connectivity index (χ3n) is 2.53. The van der Waals surface area contributed by atoms with Crippen LogP contribution in [0, 0.1) is 0 Å². The minimum atomic E-state index is 0.347. The fraction of sp³-hybridized carbons (Fsp3) is 0.500. The van der Waals surface area contributed by atoms with Crippen molar-refractivity contribution in [1.82, 2.24) is 5.32 Å². The van der Waals surface area contributed by atoms with Gasteiger partial charge in [0.2, 0.25) is 0 Å². The maximum absolute atomic E-state index is 5.74. The maximum atomic E-state index is 5.74. The Bertz CT molecular complexity index is 252. The summed E-state index contributed by atoms with van der Waals surface area (Å²) in [4.78, 5) is 0. The van der Waals surface area contributed by atoms with E-state index in [0.29, 0.717) is 6.10 Å². The first-order valence-corrected chi connectivity index (χ1v) is 5.31. The second kappa shape index (κ2) is 5.13. The molecule has 1 unspecified atom stereocenters. The molecule has 0 amide bonds. The Balaban J connectivity index is 1.90. The average Bonchev–Trinajstić information content (AvgIpc) is 2.48. The van der Waals surface area contributed by atoms with Crippen molar-refractivity contribution < 1.29 is 4.74 Å². The van der Waals surface area contributed by atoms with E-state index in [1.165, 1.54) is 5.56 Å². The second-order valence-corrected chi connectivity index (χ2v) is 3.74. The standard InChI is InChI=1S/C12H17NO/c1-2-5-11(6-3-1)9-12-10-13-7-4-8-14-12/h1-3,5-6,12-13H,4,7-10H2. The van der Waals surface area contributed by atoms with Gasteiger partial charge in [-0.1, -0.05) is 30.3 Å². The van der Waals surface area contributed by atoms with Crippen molar-refractivity contribution >= 4 is 0 Å². The predicted molar refractivity (Wildman–Crippen MR) is 57.4 cm³/mol. The topological polar surface area (TPSA) is 21.3 Å². The first kappa shape index (κ1) is 9.69. The summed E-state index contributed by atoms with van der Waals surface area (Å²) in [5.41, 5.74) is 1.36. The molecule has 1 aromatic rings. The maximum Gasteiger partial charge on any atom is 0.0739 e. The van der Waals surface area contributed by atoms with Crippen LogP contribution in [-0.4, -0.2) is 25.8 Å². The lowest BCUT2D eigenvalue weighted by molar-refractivity contribution is 0.0675. The Morgan fingerprint density at radius 2 is 2.14 bits per heavy atom. The van der Waals surface area contributed by atoms with Crippen molar-refractivity contribution in [3.8, 4) is 0 Å². The highest BCUT2D eigenvalue weighted by Gasteiger charge is 2.12. The molecule has 1 aromatic carbocycles. The van der Waals surface area contributed by atoms with E-state index in [1.54, 1.807) is 0 Å². The number of benzene rings is 1. The molecule has 0 spiro atoms. The van der Waals surface area contributed by atoms with Gasteiger partial charge < -0.3 is 10.1 Å². The Morgan fingerprint density at radius 3 is 3.00 bits per heavy atom. The molecule has 1 aliphatic heterocycles. The van der Waals surface area contributed by atoms with E-state index in [0.717, 1.165) is 32.5 Å². The van der Waals surface area contributed by atoms with Gasteiger partial charge in [0, 0.05) is 13.2 Å².